The Morgan fingerprint density at radius 2 is 1.73 bits per heavy atom. The number of aromatic hydroxyl groups is 2. The molecule has 0 aliphatic rings. The normalized spacial score (nSPS) is 11.6. The summed E-state index contributed by atoms with van der Waals surface area (Å²) >= 11 is 0. The minimum atomic E-state index is 0.0822. The molecule has 0 unspecified atom stereocenters. The van der Waals surface area contributed by atoms with Crippen molar-refractivity contribution in [2.75, 3.05) is 5.43 Å². The first kappa shape index (κ1) is 13.9. The van der Waals surface area contributed by atoms with E-state index in [9.17, 15) is 10.2 Å². The van der Waals surface area contributed by atoms with Gasteiger partial charge in [0.1, 0.15) is 11.5 Å². The molecular weight excluding hydrogens is 276 g/mol. The van der Waals surface area contributed by atoms with E-state index in [4.69, 9.17) is 0 Å². The van der Waals surface area contributed by atoms with Crippen LogP contribution in [0.2, 0.25) is 0 Å². The molecule has 110 valence electrons. The first-order valence-electron chi connectivity index (χ1n) is 6.95. The number of hydrogen-bond acceptors (Lipinski definition) is 4. The van der Waals surface area contributed by atoms with E-state index in [1.54, 1.807) is 6.92 Å². The number of nitrogens with zero attached hydrogens (tertiary/aromatic N) is 1. The van der Waals surface area contributed by atoms with Crippen LogP contribution < -0.4 is 5.43 Å². The standard InChI is InChI=1S/C18H16N2O2/c1-12(16-11-14(21)9-10-18(16)22)19-20-17-8-4-6-13-5-2-3-7-15(13)17/h2-11,20-22H,1H3/b19-12+. The van der Waals surface area contributed by atoms with Gasteiger partial charge in [0.25, 0.3) is 0 Å². The zero-order chi connectivity index (χ0) is 15.5. The number of rotatable bonds is 3. The van der Waals surface area contributed by atoms with Crippen molar-refractivity contribution in [2.24, 2.45) is 5.10 Å². The largest absolute Gasteiger partial charge is 0.508 e. The van der Waals surface area contributed by atoms with E-state index < -0.39 is 0 Å². The third-order valence-electron chi connectivity index (χ3n) is 3.50. The number of phenolic OH excluding ortho intramolecular Hbond substituents is 2. The molecule has 0 radical (unpaired) electrons. The average Bonchev–Trinajstić information content (AvgIpc) is 2.54. The number of hydrazone groups is 1. The number of nitrogens with one attached hydrogen (secondary N) is 1. The molecule has 4 nitrogen and oxygen atoms in total. The molecular formula is C18H16N2O2. The Morgan fingerprint density at radius 1 is 0.955 bits per heavy atom. The van der Waals surface area contributed by atoms with Gasteiger partial charge in [-0.25, -0.2) is 0 Å². The molecule has 0 atom stereocenters. The molecule has 3 N–H and O–H groups in total. The third-order valence-corrected chi connectivity index (χ3v) is 3.50. The summed E-state index contributed by atoms with van der Waals surface area (Å²) < 4.78 is 0. The molecule has 0 saturated carbocycles. The van der Waals surface area contributed by atoms with Gasteiger partial charge >= 0.3 is 0 Å². The number of phenols is 2. The van der Waals surface area contributed by atoms with Crippen LogP contribution in [0.15, 0.2) is 65.8 Å². The predicted octanol–water partition coefficient (Wildman–Crippen LogP) is 4.09. The van der Waals surface area contributed by atoms with Gasteiger partial charge in [-0.05, 0) is 36.6 Å². The van der Waals surface area contributed by atoms with E-state index in [2.05, 4.69) is 10.5 Å². The maximum atomic E-state index is 9.85. The second-order valence-corrected chi connectivity index (χ2v) is 5.04. The zero-order valence-electron chi connectivity index (χ0n) is 12.1. The maximum absolute atomic E-state index is 9.85. The molecule has 0 spiro atoms. The minimum Gasteiger partial charge on any atom is -0.508 e. The van der Waals surface area contributed by atoms with Gasteiger partial charge in [-0.15, -0.1) is 0 Å². The minimum absolute atomic E-state index is 0.0822. The summed E-state index contributed by atoms with van der Waals surface area (Å²) in [5.74, 6) is 0.172. The first-order valence-corrected chi connectivity index (χ1v) is 6.95. The van der Waals surface area contributed by atoms with Crippen LogP contribution in [0.1, 0.15) is 12.5 Å². The van der Waals surface area contributed by atoms with Crippen molar-refractivity contribution in [3.8, 4) is 11.5 Å². The second-order valence-electron chi connectivity index (χ2n) is 5.04. The molecule has 4 heteroatoms. The SMILES string of the molecule is C/C(=N\Nc1cccc2ccccc12)c1cc(O)ccc1O. The summed E-state index contributed by atoms with van der Waals surface area (Å²) in [5, 5.41) is 25.9. The van der Waals surface area contributed by atoms with Gasteiger partial charge < -0.3 is 10.2 Å². The van der Waals surface area contributed by atoms with E-state index in [0.717, 1.165) is 16.5 Å². The van der Waals surface area contributed by atoms with Crippen molar-refractivity contribution in [1.29, 1.82) is 0 Å². The Labute approximate surface area is 128 Å². The van der Waals surface area contributed by atoms with Crippen molar-refractivity contribution < 1.29 is 10.2 Å². The molecule has 22 heavy (non-hydrogen) atoms. The molecule has 3 rings (SSSR count). The molecule has 0 bridgehead atoms. The van der Waals surface area contributed by atoms with E-state index in [1.807, 2.05) is 42.5 Å². The van der Waals surface area contributed by atoms with Crippen LogP contribution in [0.25, 0.3) is 10.8 Å². The first-order chi connectivity index (χ1) is 10.6. The highest BCUT2D eigenvalue weighted by Crippen LogP contribution is 2.25. The average molecular weight is 292 g/mol. The lowest BCUT2D eigenvalue weighted by atomic mass is 10.1. The molecule has 0 aliphatic heterocycles. The highest BCUT2D eigenvalue weighted by atomic mass is 16.3. The molecule has 3 aromatic rings. The number of benzene rings is 3. The molecule has 0 aliphatic carbocycles. The van der Waals surface area contributed by atoms with Crippen molar-refractivity contribution >= 4 is 22.2 Å². The summed E-state index contributed by atoms with van der Waals surface area (Å²) in [7, 11) is 0. The summed E-state index contributed by atoms with van der Waals surface area (Å²) in [6.45, 7) is 1.77. The van der Waals surface area contributed by atoms with Crippen LogP contribution in [-0.2, 0) is 0 Å². The fourth-order valence-electron chi connectivity index (χ4n) is 2.34. The van der Waals surface area contributed by atoms with Gasteiger partial charge in [-0.3, -0.25) is 5.43 Å². The molecule has 0 amide bonds. The van der Waals surface area contributed by atoms with Gasteiger partial charge in [0.05, 0.1) is 11.4 Å². The van der Waals surface area contributed by atoms with E-state index >= 15 is 0 Å². The highest BCUT2D eigenvalue weighted by Gasteiger charge is 2.06. The Bertz CT molecular complexity index is 851. The van der Waals surface area contributed by atoms with Crippen LogP contribution in [0.4, 0.5) is 5.69 Å². The van der Waals surface area contributed by atoms with E-state index in [0.29, 0.717) is 11.3 Å². The lowest BCUT2D eigenvalue weighted by Crippen LogP contribution is -2.00. The van der Waals surface area contributed by atoms with Gasteiger partial charge in [0.15, 0.2) is 0 Å². The van der Waals surface area contributed by atoms with Gasteiger partial charge in [0.2, 0.25) is 0 Å². The lowest BCUT2D eigenvalue weighted by molar-refractivity contribution is 0.459. The van der Waals surface area contributed by atoms with Crippen LogP contribution in [-0.4, -0.2) is 15.9 Å². The van der Waals surface area contributed by atoms with Crippen molar-refractivity contribution in [1.82, 2.24) is 0 Å². The van der Waals surface area contributed by atoms with E-state index in [-0.39, 0.29) is 11.5 Å². The van der Waals surface area contributed by atoms with Gasteiger partial charge in [-0.1, -0.05) is 36.4 Å². The van der Waals surface area contributed by atoms with Crippen LogP contribution in [0.5, 0.6) is 11.5 Å². The molecule has 0 aromatic heterocycles. The van der Waals surface area contributed by atoms with Crippen molar-refractivity contribution in [3.63, 3.8) is 0 Å². The van der Waals surface area contributed by atoms with Gasteiger partial charge in [0, 0.05) is 10.9 Å². The number of fused-ring (bicyclic) bond motifs is 1. The second kappa shape index (κ2) is 5.77. The van der Waals surface area contributed by atoms with E-state index in [1.165, 1.54) is 18.2 Å². The fourth-order valence-corrected chi connectivity index (χ4v) is 2.34. The highest BCUT2D eigenvalue weighted by molar-refractivity contribution is 6.02. The number of anilines is 1. The molecule has 0 saturated heterocycles. The Hall–Kier alpha value is -3.01. The molecule has 0 fully saturated rings. The topological polar surface area (TPSA) is 64.9 Å². The van der Waals surface area contributed by atoms with Crippen LogP contribution >= 0.6 is 0 Å². The zero-order valence-corrected chi connectivity index (χ0v) is 12.1. The van der Waals surface area contributed by atoms with Crippen LogP contribution in [0, 0.1) is 0 Å². The number of hydrogen-bond donors (Lipinski definition) is 3. The van der Waals surface area contributed by atoms with Crippen LogP contribution in [0.3, 0.4) is 0 Å². The predicted molar refractivity (Wildman–Crippen MR) is 89.6 cm³/mol. The third kappa shape index (κ3) is 2.72. The van der Waals surface area contributed by atoms with Crippen molar-refractivity contribution in [2.45, 2.75) is 6.92 Å². The summed E-state index contributed by atoms with van der Waals surface area (Å²) in [6, 6.07) is 18.3. The summed E-state index contributed by atoms with van der Waals surface area (Å²) in [6.07, 6.45) is 0. The maximum Gasteiger partial charge on any atom is 0.124 e. The molecule has 3 aromatic carbocycles. The Morgan fingerprint density at radius 3 is 2.59 bits per heavy atom. The fraction of sp³-hybridized carbons (Fsp3) is 0.0556. The smallest absolute Gasteiger partial charge is 0.124 e. The summed E-state index contributed by atoms with van der Waals surface area (Å²) in [5.41, 5.74) is 4.99. The lowest BCUT2D eigenvalue weighted by Gasteiger charge is -2.08. The molecule has 0 heterocycles. The Balaban J connectivity index is 1.94. The summed E-state index contributed by atoms with van der Waals surface area (Å²) in [4.78, 5) is 0. The quantitative estimate of drug-likeness (QED) is 0.387. The Kier molecular flexibility index (Phi) is 3.66. The monoisotopic (exact) mass is 292 g/mol. The van der Waals surface area contributed by atoms with Gasteiger partial charge in [-0.2, -0.15) is 5.10 Å². The van der Waals surface area contributed by atoms with Crippen molar-refractivity contribution in [3.05, 3.63) is 66.2 Å².